The topological polar surface area (TPSA) is 59.1 Å². The molecule has 0 aliphatic carbocycles. The average molecular weight is 366 g/mol. The Bertz CT molecular complexity index is 784. The molecule has 8 heteroatoms. The Morgan fingerprint density at radius 1 is 1.14 bits per heavy atom. The second-order valence-corrected chi connectivity index (χ2v) is 7.20. The van der Waals surface area contributed by atoms with Gasteiger partial charge in [0.1, 0.15) is 5.15 Å². The molecule has 0 atom stereocenters. The van der Waals surface area contributed by atoms with E-state index >= 15 is 0 Å². The standard InChI is InChI=1S/C13H11Cl3N2O2S/c1-7-6-11(15)17-13(16)12(7)18-21(19,20)10-5-3-4-9(14)8(10)2/h3-6,18H,1-2H3. The molecule has 0 spiro atoms. The molecule has 0 saturated carbocycles. The fourth-order valence-electron chi connectivity index (χ4n) is 1.79. The van der Waals surface area contributed by atoms with E-state index in [1.165, 1.54) is 12.1 Å². The Labute approximate surface area is 138 Å². The van der Waals surface area contributed by atoms with Crippen molar-refractivity contribution in [3.05, 3.63) is 50.7 Å². The van der Waals surface area contributed by atoms with Crippen LogP contribution in [0.25, 0.3) is 0 Å². The number of nitrogens with one attached hydrogen (secondary N) is 1. The first-order valence-corrected chi connectivity index (χ1v) is 8.44. The average Bonchev–Trinajstić information content (AvgIpc) is 2.37. The summed E-state index contributed by atoms with van der Waals surface area (Å²) in [6.45, 7) is 3.31. The molecule has 0 amide bonds. The van der Waals surface area contributed by atoms with Crippen molar-refractivity contribution in [2.45, 2.75) is 18.7 Å². The summed E-state index contributed by atoms with van der Waals surface area (Å²) < 4.78 is 27.4. The largest absolute Gasteiger partial charge is 0.276 e. The van der Waals surface area contributed by atoms with Gasteiger partial charge in [-0.15, -0.1) is 0 Å². The Morgan fingerprint density at radius 3 is 2.43 bits per heavy atom. The Balaban J connectivity index is 2.50. The minimum atomic E-state index is -3.83. The van der Waals surface area contributed by atoms with E-state index in [2.05, 4.69) is 9.71 Å². The van der Waals surface area contributed by atoms with Crippen LogP contribution in [-0.2, 0) is 10.0 Å². The molecule has 1 aromatic heterocycles. The van der Waals surface area contributed by atoms with Crippen LogP contribution in [0.5, 0.6) is 0 Å². The number of pyridine rings is 1. The van der Waals surface area contributed by atoms with Crippen molar-refractivity contribution in [2.24, 2.45) is 0 Å². The molecule has 0 radical (unpaired) electrons. The number of hydrogen-bond acceptors (Lipinski definition) is 3. The summed E-state index contributed by atoms with van der Waals surface area (Å²) in [7, 11) is -3.83. The van der Waals surface area contributed by atoms with Gasteiger partial charge in [0.2, 0.25) is 0 Å². The van der Waals surface area contributed by atoms with Crippen LogP contribution in [0.3, 0.4) is 0 Å². The van der Waals surface area contributed by atoms with Crippen molar-refractivity contribution in [1.29, 1.82) is 0 Å². The van der Waals surface area contributed by atoms with Crippen LogP contribution < -0.4 is 4.72 Å². The van der Waals surface area contributed by atoms with E-state index in [-0.39, 0.29) is 20.9 Å². The molecule has 2 aromatic rings. The van der Waals surface area contributed by atoms with Crippen molar-refractivity contribution < 1.29 is 8.42 Å². The first kappa shape index (κ1) is 16.4. The summed E-state index contributed by atoms with van der Waals surface area (Å²) in [4.78, 5) is 3.91. The minimum absolute atomic E-state index is 0.0109. The molecule has 0 aliphatic heterocycles. The highest BCUT2D eigenvalue weighted by Crippen LogP contribution is 2.30. The summed E-state index contributed by atoms with van der Waals surface area (Å²) in [5.41, 5.74) is 1.23. The van der Waals surface area contributed by atoms with Crippen LogP contribution in [0.2, 0.25) is 15.3 Å². The van der Waals surface area contributed by atoms with Gasteiger partial charge in [-0.3, -0.25) is 4.72 Å². The highest BCUT2D eigenvalue weighted by molar-refractivity contribution is 7.92. The van der Waals surface area contributed by atoms with Crippen molar-refractivity contribution in [1.82, 2.24) is 4.98 Å². The van der Waals surface area contributed by atoms with Gasteiger partial charge in [0.05, 0.1) is 10.6 Å². The zero-order valence-electron chi connectivity index (χ0n) is 11.1. The van der Waals surface area contributed by atoms with Crippen molar-refractivity contribution >= 4 is 50.5 Å². The number of hydrogen-bond donors (Lipinski definition) is 1. The summed E-state index contributed by atoms with van der Waals surface area (Å²) in [5.74, 6) is 0. The van der Waals surface area contributed by atoms with Crippen LogP contribution in [0.4, 0.5) is 5.69 Å². The third-order valence-electron chi connectivity index (χ3n) is 2.89. The number of halogens is 3. The maximum absolute atomic E-state index is 12.5. The smallest absolute Gasteiger partial charge is 0.262 e. The fourth-order valence-corrected chi connectivity index (χ4v) is 4.06. The molecule has 1 heterocycles. The molecule has 1 aromatic carbocycles. The van der Waals surface area contributed by atoms with E-state index in [0.29, 0.717) is 16.1 Å². The zero-order chi connectivity index (χ0) is 15.8. The molecule has 0 saturated heterocycles. The van der Waals surface area contributed by atoms with Gasteiger partial charge in [-0.05, 0) is 43.2 Å². The second kappa shape index (κ2) is 6.01. The van der Waals surface area contributed by atoms with Gasteiger partial charge in [0.15, 0.2) is 5.15 Å². The van der Waals surface area contributed by atoms with Gasteiger partial charge in [0, 0.05) is 5.02 Å². The van der Waals surface area contributed by atoms with Crippen molar-refractivity contribution in [2.75, 3.05) is 4.72 Å². The van der Waals surface area contributed by atoms with Crippen LogP contribution in [0.1, 0.15) is 11.1 Å². The summed E-state index contributed by atoms with van der Waals surface area (Å²) >= 11 is 17.7. The third-order valence-corrected chi connectivity index (χ3v) is 5.26. The van der Waals surface area contributed by atoms with Crippen LogP contribution in [0.15, 0.2) is 29.2 Å². The minimum Gasteiger partial charge on any atom is -0.276 e. The summed E-state index contributed by atoms with van der Waals surface area (Å²) in [5, 5.41) is 0.553. The number of nitrogens with zero attached hydrogens (tertiary/aromatic N) is 1. The number of benzene rings is 1. The molecule has 4 nitrogen and oxygen atoms in total. The number of sulfonamides is 1. The van der Waals surface area contributed by atoms with E-state index in [4.69, 9.17) is 34.8 Å². The van der Waals surface area contributed by atoms with E-state index in [1.54, 1.807) is 26.0 Å². The lowest BCUT2D eigenvalue weighted by molar-refractivity contribution is 0.600. The summed E-state index contributed by atoms with van der Waals surface area (Å²) in [6.07, 6.45) is 0. The maximum Gasteiger partial charge on any atom is 0.262 e. The predicted octanol–water partition coefficient (Wildman–Crippen LogP) is 4.46. The van der Waals surface area contributed by atoms with Gasteiger partial charge in [-0.2, -0.15) is 0 Å². The Kier molecular flexibility index (Phi) is 4.68. The molecule has 1 N–H and O–H groups in total. The van der Waals surface area contributed by atoms with Gasteiger partial charge >= 0.3 is 0 Å². The van der Waals surface area contributed by atoms with Gasteiger partial charge in [-0.1, -0.05) is 40.9 Å². The van der Waals surface area contributed by atoms with E-state index < -0.39 is 10.0 Å². The van der Waals surface area contributed by atoms with Crippen LogP contribution in [0, 0.1) is 13.8 Å². The van der Waals surface area contributed by atoms with Crippen LogP contribution in [-0.4, -0.2) is 13.4 Å². The molecule has 112 valence electrons. The normalized spacial score (nSPS) is 11.5. The molecule has 2 rings (SSSR count). The number of aryl methyl sites for hydroxylation is 1. The van der Waals surface area contributed by atoms with Crippen LogP contribution >= 0.6 is 34.8 Å². The summed E-state index contributed by atoms with van der Waals surface area (Å²) in [6, 6.07) is 6.18. The van der Waals surface area contributed by atoms with Crippen molar-refractivity contribution in [3.8, 4) is 0 Å². The maximum atomic E-state index is 12.5. The van der Waals surface area contributed by atoms with E-state index in [1.807, 2.05) is 0 Å². The quantitative estimate of drug-likeness (QED) is 0.817. The van der Waals surface area contributed by atoms with E-state index in [0.717, 1.165) is 0 Å². The molecule has 21 heavy (non-hydrogen) atoms. The van der Waals surface area contributed by atoms with Gasteiger partial charge in [-0.25, -0.2) is 13.4 Å². The molecule has 0 unspecified atom stereocenters. The number of aromatic nitrogens is 1. The number of rotatable bonds is 3. The lowest BCUT2D eigenvalue weighted by atomic mass is 10.2. The first-order chi connectivity index (χ1) is 9.72. The molecule has 0 aliphatic rings. The zero-order valence-corrected chi connectivity index (χ0v) is 14.2. The lowest BCUT2D eigenvalue weighted by Crippen LogP contribution is -2.15. The lowest BCUT2D eigenvalue weighted by Gasteiger charge is -2.14. The molecule has 0 fully saturated rings. The molecule has 0 bridgehead atoms. The van der Waals surface area contributed by atoms with Gasteiger partial charge < -0.3 is 0 Å². The van der Waals surface area contributed by atoms with Gasteiger partial charge in [0.25, 0.3) is 10.0 Å². The SMILES string of the molecule is Cc1cc(Cl)nc(Cl)c1NS(=O)(=O)c1cccc(Cl)c1C. The first-order valence-electron chi connectivity index (χ1n) is 5.83. The highest BCUT2D eigenvalue weighted by Gasteiger charge is 2.21. The third kappa shape index (κ3) is 3.43. The number of anilines is 1. The molecular weight excluding hydrogens is 355 g/mol. The highest BCUT2D eigenvalue weighted by atomic mass is 35.5. The Morgan fingerprint density at radius 2 is 1.81 bits per heavy atom. The van der Waals surface area contributed by atoms with E-state index in [9.17, 15) is 8.42 Å². The fraction of sp³-hybridized carbons (Fsp3) is 0.154. The van der Waals surface area contributed by atoms with Crippen molar-refractivity contribution in [3.63, 3.8) is 0 Å². The monoisotopic (exact) mass is 364 g/mol. The Hall–Kier alpha value is -1.01. The predicted molar refractivity (Wildman–Crippen MR) is 86.0 cm³/mol. The second-order valence-electron chi connectivity index (χ2n) is 4.40. The molecular formula is C13H11Cl3N2O2S.